The molecule has 4 heteroatoms. The molecule has 0 nitrogen and oxygen atoms in total. The van der Waals surface area contributed by atoms with Gasteiger partial charge in [-0.15, -0.1) is 51.4 Å². The van der Waals surface area contributed by atoms with E-state index in [1.54, 1.807) is 38.8 Å². The summed E-state index contributed by atoms with van der Waals surface area (Å²) in [6.45, 7) is 0. The molecule has 0 amide bonds. The van der Waals surface area contributed by atoms with Gasteiger partial charge in [-0.25, -0.2) is 0 Å². The fourth-order valence-corrected chi connectivity index (χ4v) is 5.43. The third-order valence-electron chi connectivity index (χ3n) is 5.51. The van der Waals surface area contributed by atoms with Gasteiger partial charge in [0.05, 0.1) is 0 Å². The summed E-state index contributed by atoms with van der Waals surface area (Å²) < 4.78 is 1.80. The SMILES string of the molecule is [C-]1=C(c2ccsc2)C=CC1.[Cl-].[Cl-].[Zr+2]=[C]1CCCCC1.c1ccc2c(c1)[cH-]c1ccccc12. The molecule has 32 heavy (non-hydrogen) atoms. The maximum absolute atomic E-state index is 3.27. The second-order valence-corrected chi connectivity index (χ2v) is 10.2. The summed E-state index contributed by atoms with van der Waals surface area (Å²) in [5.74, 6) is 0. The molecule has 1 heterocycles. The second-order valence-electron chi connectivity index (χ2n) is 7.69. The molecule has 2 aliphatic rings. The van der Waals surface area contributed by atoms with Crippen LogP contribution in [-0.4, -0.2) is 3.21 Å². The minimum Gasteiger partial charge on any atom is -0.126 e. The molecule has 0 unspecified atom stereocenters. The van der Waals surface area contributed by atoms with Crippen LogP contribution in [0, 0.1) is 6.08 Å². The second kappa shape index (κ2) is 14.2. The average molecular weight is 557 g/mol. The van der Waals surface area contributed by atoms with Crippen LogP contribution >= 0.6 is 11.3 Å². The van der Waals surface area contributed by atoms with E-state index < -0.39 is 0 Å². The van der Waals surface area contributed by atoms with Crippen LogP contribution in [0.5, 0.6) is 0 Å². The third-order valence-corrected chi connectivity index (χ3v) is 7.42. The molecule has 2 aliphatic carbocycles. The van der Waals surface area contributed by atoms with Crippen LogP contribution in [-0.2, 0) is 24.2 Å². The van der Waals surface area contributed by atoms with Gasteiger partial charge in [0.25, 0.3) is 0 Å². The van der Waals surface area contributed by atoms with Crippen LogP contribution in [0.4, 0.5) is 0 Å². The standard InChI is InChI=1S/C13H9.C9H7S.C6H10.2ClH.Zr/c1-3-7-12-10(5-1)9-11-6-2-4-8-13(11)12;1-2-4-8(3-1)9-5-6-10-7-9;1-2-4-6-5-3-1;;;/h1-9H;1,3,5-7H,2H2;1-5H2;2*1H;/q2*-1;;;;+2/p-2. The Labute approximate surface area is 222 Å². The molecule has 1 fully saturated rings. The molecular formula is C28H26Cl2SZr-2. The zero-order valence-electron chi connectivity index (χ0n) is 18.0. The van der Waals surface area contributed by atoms with Gasteiger partial charge in [-0.2, -0.15) is 29.1 Å². The molecule has 4 aromatic rings. The Morgan fingerprint density at radius 1 is 0.812 bits per heavy atom. The quantitative estimate of drug-likeness (QED) is 0.316. The maximum atomic E-state index is 3.27. The van der Waals surface area contributed by atoms with E-state index in [1.165, 1.54) is 64.8 Å². The molecule has 0 bridgehead atoms. The van der Waals surface area contributed by atoms with Gasteiger partial charge in [0.2, 0.25) is 0 Å². The number of fused-ring (bicyclic) bond motifs is 3. The largest absolute Gasteiger partial charge is 0.126 e. The molecule has 164 valence electrons. The molecule has 0 aliphatic heterocycles. The minimum atomic E-state index is 0. The first-order chi connectivity index (χ1) is 14.8. The van der Waals surface area contributed by atoms with Crippen LogP contribution in [0.1, 0.15) is 44.1 Å². The van der Waals surface area contributed by atoms with E-state index in [9.17, 15) is 0 Å². The summed E-state index contributed by atoms with van der Waals surface area (Å²) in [5, 5.41) is 9.64. The number of halogens is 2. The van der Waals surface area contributed by atoms with E-state index in [1.807, 2.05) is 0 Å². The predicted octanol–water partition coefficient (Wildman–Crippen LogP) is 2.28. The van der Waals surface area contributed by atoms with Crippen LogP contribution in [0.25, 0.3) is 27.1 Å². The topological polar surface area (TPSA) is 0 Å². The molecule has 3 aromatic carbocycles. The Morgan fingerprint density at radius 2 is 1.44 bits per heavy atom. The van der Waals surface area contributed by atoms with Crippen molar-refractivity contribution in [3.05, 3.63) is 95.2 Å². The summed E-state index contributed by atoms with van der Waals surface area (Å²) in [4.78, 5) is 0. The van der Waals surface area contributed by atoms with Crippen molar-refractivity contribution in [2.24, 2.45) is 0 Å². The van der Waals surface area contributed by atoms with Gasteiger partial charge in [0.1, 0.15) is 0 Å². The summed E-state index contributed by atoms with van der Waals surface area (Å²) in [5.41, 5.74) is 2.56. The first kappa shape index (κ1) is 27.1. The van der Waals surface area contributed by atoms with Crippen LogP contribution in [0.15, 0.2) is 83.6 Å². The average Bonchev–Trinajstić information content (AvgIpc) is 3.55. The van der Waals surface area contributed by atoms with Gasteiger partial charge in [-0.05, 0) is 5.38 Å². The van der Waals surface area contributed by atoms with Gasteiger partial charge in [0.15, 0.2) is 0 Å². The van der Waals surface area contributed by atoms with Gasteiger partial charge in [-0.1, -0.05) is 54.3 Å². The van der Waals surface area contributed by atoms with Crippen molar-refractivity contribution >= 4 is 41.7 Å². The first-order valence-electron chi connectivity index (χ1n) is 10.7. The molecule has 0 N–H and O–H groups in total. The van der Waals surface area contributed by atoms with Crippen molar-refractivity contribution in [2.45, 2.75) is 38.5 Å². The Balaban J connectivity index is 0.000000173. The molecule has 0 radical (unpaired) electrons. The zero-order chi connectivity index (χ0) is 20.6. The van der Waals surface area contributed by atoms with Crippen molar-refractivity contribution in [3.63, 3.8) is 0 Å². The smallest absolute Gasteiger partial charge is 0.0771 e. The van der Waals surface area contributed by atoms with Crippen molar-refractivity contribution in [1.29, 1.82) is 0 Å². The van der Waals surface area contributed by atoms with Crippen LogP contribution in [0.3, 0.4) is 0 Å². The monoisotopic (exact) mass is 554 g/mol. The number of thiophene rings is 1. The van der Waals surface area contributed by atoms with Crippen molar-refractivity contribution in [1.82, 2.24) is 0 Å². The van der Waals surface area contributed by atoms with E-state index in [0.717, 1.165) is 6.42 Å². The fraction of sp³-hybridized carbons (Fsp3) is 0.214. The molecule has 6 rings (SSSR count). The van der Waals surface area contributed by atoms with Gasteiger partial charge in [0, 0.05) is 0 Å². The molecule has 0 saturated heterocycles. The number of hydrogen-bond acceptors (Lipinski definition) is 1. The summed E-state index contributed by atoms with van der Waals surface area (Å²) in [7, 11) is 0. The van der Waals surface area contributed by atoms with E-state index in [2.05, 4.69) is 89.7 Å². The Kier molecular flexibility index (Phi) is 12.0. The normalized spacial score (nSPS) is 14.4. The number of allylic oxidation sites excluding steroid dienone is 4. The molecule has 1 aromatic heterocycles. The Bertz CT molecular complexity index is 1110. The zero-order valence-corrected chi connectivity index (χ0v) is 22.8. The molecular weight excluding hydrogens is 531 g/mol. The van der Waals surface area contributed by atoms with E-state index in [-0.39, 0.29) is 24.8 Å². The van der Waals surface area contributed by atoms with E-state index in [4.69, 9.17) is 0 Å². The summed E-state index contributed by atoms with van der Waals surface area (Å²) >= 11 is 3.42. The van der Waals surface area contributed by atoms with Gasteiger partial charge >= 0.3 is 59.5 Å². The van der Waals surface area contributed by atoms with Crippen molar-refractivity contribution in [2.75, 3.05) is 0 Å². The van der Waals surface area contributed by atoms with Crippen molar-refractivity contribution < 1.29 is 49.0 Å². The number of rotatable bonds is 1. The summed E-state index contributed by atoms with van der Waals surface area (Å²) in [6.07, 6.45) is 15.8. The predicted molar refractivity (Wildman–Crippen MR) is 130 cm³/mol. The third kappa shape index (κ3) is 7.42. The van der Waals surface area contributed by atoms with Crippen molar-refractivity contribution in [3.8, 4) is 0 Å². The first-order valence-corrected chi connectivity index (χ1v) is 12.9. The Morgan fingerprint density at radius 3 is 1.91 bits per heavy atom. The molecule has 0 spiro atoms. The van der Waals surface area contributed by atoms with Gasteiger partial charge < -0.3 is 24.8 Å². The molecule has 0 atom stereocenters. The van der Waals surface area contributed by atoms with Gasteiger partial charge in [-0.3, -0.25) is 0 Å². The fourth-order valence-electron chi connectivity index (χ4n) is 3.90. The summed E-state index contributed by atoms with van der Waals surface area (Å²) in [6, 6.07) is 21.4. The minimum absolute atomic E-state index is 0. The maximum Gasteiger partial charge on any atom is -0.0771 e. The van der Waals surface area contributed by atoms with E-state index >= 15 is 0 Å². The van der Waals surface area contributed by atoms with Crippen LogP contribution < -0.4 is 24.8 Å². The Hall–Kier alpha value is -1.18. The van der Waals surface area contributed by atoms with Crippen LogP contribution in [0.2, 0.25) is 0 Å². The molecule has 1 saturated carbocycles. The number of benzene rings is 2. The van der Waals surface area contributed by atoms with E-state index in [0.29, 0.717) is 0 Å². The number of hydrogen-bond donors (Lipinski definition) is 0.